The van der Waals surface area contributed by atoms with Gasteiger partial charge in [0.2, 0.25) is 0 Å². The molecule has 0 amide bonds. The number of nitrogens with zero attached hydrogens (tertiary/aromatic N) is 5. The topological polar surface area (TPSA) is 74.5 Å². The lowest BCUT2D eigenvalue weighted by molar-refractivity contribution is -0.0593. The normalized spacial score (nSPS) is 21.5. The first-order chi connectivity index (χ1) is 19.5. The number of rotatable bonds is 6. The van der Waals surface area contributed by atoms with Gasteiger partial charge in [-0.3, -0.25) is 4.90 Å². The van der Waals surface area contributed by atoms with Crippen molar-refractivity contribution in [1.82, 2.24) is 24.6 Å². The van der Waals surface area contributed by atoms with Crippen LogP contribution in [-0.4, -0.2) is 57.1 Å². The summed E-state index contributed by atoms with van der Waals surface area (Å²) in [5.74, 6) is 2.28. The van der Waals surface area contributed by atoms with Crippen LogP contribution in [0.1, 0.15) is 48.2 Å². The molecule has 2 aromatic heterocycles. The van der Waals surface area contributed by atoms with Crippen LogP contribution in [0.2, 0.25) is 10.2 Å². The van der Waals surface area contributed by atoms with Gasteiger partial charge in [0.05, 0.1) is 19.2 Å². The van der Waals surface area contributed by atoms with Crippen LogP contribution in [0, 0.1) is 5.82 Å². The average Bonchev–Trinajstić information content (AvgIpc) is 3.26. The van der Waals surface area contributed by atoms with Gasteiger partial charge in [0.15, 0.2) is 28.4 Å². The van der Waals surface area contributed by atoms with Crippen LogP contribution in [0.25, 0.3) is 11.2 Å². The van der Waals surface area contributed by atoms with E-state index in [1.165, 1.54) is 6.07 Å². The minimum absolute atomic E-state index is 0.177. The molecule has 0 bridgehead atoms. The third-order valence-electron chi connectivity index (χ3n) is 8.08. The third kappa shape index (κ3) is 5.00. The molecule has 0 N–H and O–H groups in total. The van der Waals surface area contributed by atoms with E-state index >= 15 is 0 Å². The molecule has 0 spiro atoms. The van der Waals surface area contributed by atoms with E-state index < -0.39 is 11.9 Å². The largest absolute Gasteiger partial charge is 0.485 e. The maximum absolute atomic E-state index is 14.6. The Morgan fingerprint density at radius 1 is 1.00 bits per heavy atom. The summed E-state index contributed by atoms with van der Waals surface area (Å²) in [6.07, 6.45) is 2.59. The first-order valence-electron chi connectivity index (χ1n) is 13.6. The van der Waals surface area contributed by atoms with Gasteiger partial charge in [-0.25, -0.2) is 9.37 Å². The molecule has 0 radical (unpaired) electrons. The van der Waals surface area contributed by atoms with Crippen LogP contribution in [0.5, 0.6) is 11.5 Å². The van der Waals surface area contributed by atoms with Crippen LogP contribution < -0.4 is 9.47 Å². The molecule has 3 aliphatic heterocycles. The predicted molar refractivity (Wildman–Crippen MR) is 149 cm³/mol. The van der Waals surface area contributed by atoms with Crippen molar-refractivity contribution < 1.29 is 18.6 Å². The Morgan fingerprint density at radius 2 is 1.85 bits per heavy atom. The molecule has 2 fully saturated rings. The van der Waals surface area contributed by atoms with Crippen LogP contribution >= 0.6 is 23.2 Å². The minimum Gasteiger partial charge on any atom is -0.485 e. The van der Waals surface area contributed by atoms with E-state index in [4.69, 9.17) is 42.4 Å². The zero-order valence-electron chi connectivity index (χ0n) is 21.7. The predicted octanol–water partition coefficient (Wildman–Crippen LogP) is 5.95. The molecule has 208 valence electrons. The molecule has 2 aromatic carbocycles. The Bertz CT molecular complexity index is 1550. The molecule has 40 heavy (non-hydrogen) atoms. The molecule has 3 aliphatic rings. The summed E-state index contributed by atoms with van der Waals surface area (Å²) in [6.45, 7) is 4.26. The number of likely N-dealkylation sites (tertiary alicyclic amines) is 1. The van der Waals surface area contributed by atoms with Crippen LogP contribution in [-0.2, 0) is 17.8 Å². The number of hydrogen-bond donors (Lipinski definition) is 0. The van der Waals surface area contributed by atoms with Gasteiger partial charge in [0.1, 0.15) is 23.8 Å². The van der Waals surface area contributed by atoms with E-state index in [1.807, 2.05) is 12.1 Å². The Labute approximate surface area is 241 Å². The second-order valence-corrected chi connectivity index (χ2v) is 11.4. The molecular formula is C29H28Cl2FN5O3. The second kappa shape index (κ2) is 10.8. The van der Waals surface area contributed by atoms with Crippen molar-refractivity contribution in [3.63, 3.8) is 0 Å². The SMILES string of the molecule is Fc1cc(Cl)ccc1C1COc2cccc(C3CCN(Cc4nc5cc(Cl)nnc5n4CC4CCO4)CC3)c2O1. The van der Waals surface area contributed by atoms with E-state index in [2.05, 4.69) is 25.7 Å². The van der Waals surface area contributed by atoms with Crippen molar-refractivity contribution in [1.29, 1.82) is 0 Å². The number of imidazole rings is 1. The van der Waals surface area contributed by atoms with Gasteiger partial charge in [0.25, 0.3) is 0 Å². The van der Waals surface area contributed by atoms with Gasteiger partial charge in [-0.1, -0.05) is 41.4 Å². The summed E-state index contributed by atoms with van der Waals surface area (Å²) >= 11 is 12.1. The fourth-order valence-corrected chi connectivity index (χ4v) is 6.15. The first-order valence-corrected chi connectivity index (χ1v) is 14.4. The zero-order chi connectivity index (χ0) is 27.2. The molecule has 4 aromatic rings. The molecule has 11 heteroatoms. The third-order valence-corrected chi connectivity index (χ3v) is 8.50. The fraction of sp³-hybridized carbons (Fsp3) is 0.414. The van der Waals surface area contributed by atoms with Gasteiger partial charge in [0, 0.05) is 28.8 Å². The molecule has 0 aliphatic carbocycles. The summed E-state index contributed by atoms with van der Waals surface area (Å²) in [4.78, 5) is 7.29. The van der Waals surface area contributed by atoms with Gasteiger partial charge in [-0.2, -0.15) is 0 Å². The minimum atomic E-state index is -0.532. The molecule has 5 heterocycles. The van der Waals surface area contributed by atoms with Crippen LogP contribution in [0.3, 0.4) is 0 Å². The average molecular weight is 584 g/mol. The molecule has 7 rings (SSSR count). The molecular weight excluding hydrogens is 556 g/mol. The summed E-state index contributed by atoms with van der Waals surface area (Å²) in [5.41, 5.74) is 3.05. The standard InChI is InChI=1S/C29H28Cl2FN5O3/c30-18-4-5-21(22(32)12-18)25-16-39-24-3-1-2-20(28(24)40-25)17-6-9-36(10-7-17)15-27-33-23-13-26(31)34-35-29(23)37(27)14-19-8-11-38-19/h1-5,12-13,17,19,25H,6-11,14-16H2. The molecule has 0 saturated carbocycles. The number of halogens is 3. The molecule has 2 unspecified atom stereocenters. The highest BCUT2D eigenvalue weighted by Gasteiger charge is 2.31. The lowest BCUT2D eigenvalue weighted by Crippen LogP contribution is -2.35. The van der Waals surface area contributed by atoms with Gasteiger partial charge in [-0.05, 0) is 56.5 Å². The highest BCUT2D eigenvalue weighted by molar-refractivity contribution is 6.30. The monoisotopic (exact) mass is 583 g/mol. The summed E-state index contributed by atoms with van der Waals surface area (Å²) in [6, 6.07) is 12.4. The van der Waals surface area contributed by atoms with E-state index in [-0.39, 0.29) is 12.7 Å². The number of piperidine rings is 1. The van der Waals surface area contributed by atoms with Crippen molar-refractivity contribution in [3.8, 4) is 11.5 Å². The lowest BCUT2D eigenvalue weighted by Gasteiger charge is -2.35. The lowest BCUT2D eigenvalue weighted by atomic mass is 9.88. The highest BCUT2D eigenvalue weighted by Crippen LogP contribution is 2.45. The molecule has 2 saturated heterocycles. The van der Waals surface area contributed by atoms with E-state index in [1.54, 1.807) is 18.2 Å². The number of fused-ring (bicyclic) bond motifs is 2. The summed E-state index contributed by atoms with van der Waals surface area (Å²) in [7, 11) is 0. The maximum atomic E-state index is 14.6. The Morgan fingerprint density at radius 3 is 2.62 bits per heavy atom. The summed E-state index contributed by atoms with van der Waals surface area (Å²) in [5, 5.41) is 9.06. The number of para-hydroxylation sites is 1. The van der Waals surface area contributed by atoms with E-state index in [0.717, 1.165) is 61.5 Å². The van der Waals surface area contributed by atoms with Crippen molar-refractivity contribution in [2.24, 2.45) is 0 Å². The fourth-order valence-electron chi connectivity index (χ4n) is 5.85. The smallest absolute Gasteiger partial charge is 0.182 e. The maximum Gasteiger partial charge on any atom is 0.182 e. The Kier molecular flexibility index (Phi) is 6.99. The Balaban J connectivity index is 1.07. The van der Waals surface area contributed by atoms with Crippen molar-refractivity contribution in [3.05, 3.63) is 75.4 Å². The van der Waals surface area contributed by atoms with Crippen molar-refractivity contribution in [2.45, 2.75) is 50.5 Å². The van der Waals surface area contributed by atoms with Gasteiger partial charge < -0.3 is 18.8 Å². The molecule has 2 atom stereocenters. The summed E-state index contributed by atoms with van der Waals surface area (Å²) < 4.78 is 34.9. The number of hydrogen-bond acceptors (Lipinski definition) is 7. The number of benzene rings is 2. The van der Waals surface area contributed by atoms with Gasteiger partial charge in [-0.15, -0.1) is 10.2 Å². The van der Waals surface area contributed by atoms with Crippen molar-refractivity contribution in [2.75, 3.05) is 26.3 Å². The van der Waals surface area contributed by atoms with Crippen molar-refractivity contribution >= 4 is 34.4 Å². The van der Waals surface area contributed by atoms with E-state index in [9.17, 15) is 4.39 Å². The van der Waals surface area contributed by atoms with Crippen LogP contribution in [0.15, 0.2) is 42.5 Å². The first kappa shape index (κ1) is 26.0. The van der Waals surface area contributed by atoms with E-state index in [0.29, 0.717) is 46.2 Å². The number of aromatic nitrogens is 4. The van der Waals surface area contributed by atoms with Gasteiger partial charge >= 0.3 is 0 Å². The zero-order valence-corrected chi connectivity index (χ0v) is 23.2. The second-order valence-electron chi connectivity index (χ2n) is 10.6. The molecule has 8 nitrogen and oxygen atoms in total. The highest BCUT2D eigenvalue weighted by atomic mass is 35.5. The number of ether oxygens (including phenoxy) is 3. The quantitative estimate of drug-likeness (QED) is 0.277. The van der Waals surface area contributed by atoms with Crippen LogP contribution in [0.4, 0.5) is 4.39 Å². The Hall–Kier alpha value is -2.98.